The van der Waals surface area contributed by atoms with Crippen molar-refractivity contribution in [2.45, 2.75) is 46.1 Å². The summed E-state index contributed by atoms with van der Waals surface area (Å²) in [6, 6.07) is 15.7. The zero-order valence-corrected chi connectivity index (χ0v) is 18.4. The average Bonchev–Trinajstić information content (AvgIpc) is 3.24. The van der Waals surface area contributed by atoms with Gasteiger partial charge in [-0.1, -0.05) is 39.0 Å². The van der Waals surface area contributed by atoms with Crippen LogP contribution in [0.4, 0.5) is 11.5 Å². The standard InChI is InChI=1S/C25H29N5O/c1-25(2,3)16-23(31)30-14-8-12-21(30)24-28-20(18-9-7-13-26-17-18)15-22(29-24)27-19-10-5-4-6-11-19/h4-7,9-11,13,15,17,21H,8,12,14,16H2,1-3H3,(H,27,28,29)/t21-/m1/s1. The summed E-state index contributed by atoms with van der Waals surface area (Å²) in [6.07, 6.45) is 5.90. The third-order valence-corrected chi connectivity index (χ3v) is 5.30. The van der Waals surface area contributed by atoms with Crippen LogP contribution in [0.25, 0.3) is 11.3 Å². The number of aromatic nitrogens is 3. The lowest BCUT2D eigenvalue weighted by Gasteiger charge is -2.27. The predicted molar refractivity (Wildman–Crippen MR) is 123 cm³/mol. The monoisotopic (exact) mass is 415 g/mol. The molecule has 4 rings (SSSR count). The number of pyridine rings is 1. The van der Waals surface area contributed by atoms with E-state index in [0.29, 0.717) is 18.1 Å². The summed E-state index contributed by atoms with van der Waals surface area (Å²) in [7, 11) is 0. The van der Waals surface area contributed by atoms with E-state index in [1.165, 1.54) is 0 Å². The van der Waals surface area contributed by atoms with Crippen LogP contribution in [0, 0.1) is 5.41 Å². The van der Waals surface area contributed by atoms with Gasteiger partial charge in [0.2, 0.25) is 5.91 Å². The number of likely N-dealkylation sites (tertiary alicyclic amines) is 1. The molecule has 0 bridgehead atoms. The van der Waals surface area contributed by atoms with Gasteiger partial charge >= 0.3 is 0 Å². The van der Waals surface area contributed by atoms with Gasteiger partial charge in [-0.05, 0) is 42.5 Å². The summed E-state index contributed by atoms with van der Waals surface area (Å²) in [5.41, 5.74) is 2.62. The summed E-state index contributed by atoms with van der Waals surface area (Å²) in [5.74, 6) is 1.56. The maximum absolute atomic E-state index is 13.0. The van der Waals surface area contributed by atoms with Gasteiger partial charge in [0.1, 0.15) is 5.82 Å². The highest BCUT2D eigenvalue weighted by atomic mass is 16.2. The van der Waals surface area contributed by atoms with E-state index >= 15 is 0 Å². The van der Waals surface area contributed by atoms with Crippen LogP contribution in [0.15, 0.2) is 60.9 Å². The van der Waals surface area contributed by atoms with Gasteiger partial charge in [-0.25, -0.2) is 9.97 Å². The molecule has 3 aromatic rings. The zero-order chi connectivity index (χ0) is 21.8. The van der Waals surface area contributed by atoms with Crippen LogP contribution in [0.1, 0.15) is 51.9 Å². The minimum atomic E-state index is -0.109. The molecule has 0 radical (unpaired) electrons. The highest BCUT2D eigenvalue weighted by Gasteiger charge is 2.34. The summed E-state index contributed by atoms with van der Waals surface area (Å²) < 4.78 is 0. The average molecular weight is 416 g/mol. The molecule has 6 heteroatoms. The normalized spacial score (nSPS) is 16.4. The molecule has 1 aromatic carbocycles. The molecule has 3 heterocycles. The molecule has 1 saturated heterocycles. The topological polar surface area (TPSA) is 71.0 Å². The molecule has 1 fully saturated rings. The predicted octanol–water partition coefficient (Wildman–Crippen LogP) is 5.38. The summed E-state index contributed by atoms with van der Waals surface area (Å²) in [6.45, 7) is 7.04. The minimum Gasteiger partial charge on any atom is -0.340 e. The van der Waals surface area contributed by atoms with Crippen LogP contribution in [0.2, 0.25) is 0 Å². The number of anilines is 2. The molecular formula is C25H29N5O. The van der Waals surface area contributed by atoms with Crippen LogP contribution >= 0.6 is 0 Å². The molecule has 1 amide bonds. The first-order valence-corrected chi connectivity index (χ1v) is 10.8. The van der Waals surface area contributed by atoms with Crippen molar-refractivity contribution in [3.8, 4) is 11.3 Å². The smallest absolute Gasteiger partial charge is 0.223 e. The number of hydrogen-bond acceptors (Lipinski definition) is 5. The SMILES string of the molecule is CC(C)(C)CC(=O)N1CCC[C@@H]1c1nc(Nc2ccccc2)cc(-c2cccnc2)n1. The highest BCUT2D eigenvalue weighted by molar-refractivity contribution is 5.77. The molecule has 1 atom stereocenters. The summed E-state index contributed by atoms with van der Waals surface area (Å²) in [4.78, 5) is 28.9. The van der Waals surface area contributed by atoms with E-state index in [9.17, 15) is 4.79 Å². The van der Waals surface area contributed by atoms with Gasteiger partial charge in [0.25, 0.3) is 0 Å². The van der Waals surface area contributed by atoms with E-state index in [-0.39, 0.29) is 17.4 Å². The van der Waals surface area contributed by atoms with E-state index < -0.39 is 0 Å². The third-order valence-electron chi connectivity index (χ3n) is 5.30. The Morgan fingerprint density at radius 3 is 2.65 bits per heavy atom. The van der Waals surface area contributed by atoms with Crippen molar-refractivity contribution in [3.63, 3.8) is 0 Å². The minimum absolute atomic E-state index is 0.0529. The number of hydrogen-bond donors (Lipinski definition) is 1. The maximum atomic E-state index is 13.0. The molecule has 160 valence electrons. The molecule has 0 spiro atoms. The van der Waals surface area contributed by atoms with Gasteiger partial charge < -0.3 is 10.2 Å². The second kappa shape index (κ2) is 8.84. The fourth-order valence-corrected chi connectivity index (χ4v) is 3.90. The van der Waals surface area contributed by atoms with Gasteiger partial charge in [0.05, 0.1) is 11.7 Å². The van der Waals surface area contributed by atoms with Gasteiger partial charge in [-0.2, -0.15) is 0 Å². The van der Waals surface area contributed by atoms with Crippen molar-refractivity contribution < 1.29 is 4.79 Å². The molecule has 1 aliphatic heterocycles. The number of carbonyl (C=O) groups is 1. The van der Waals surface area contributed by atoms with Crippen LogP contribution in [0.3, 0.4) is 0 Å². The van der Waals surface area contributed by atoms with Crippen molar-refractivity contribution in [1.82, 2.24) is 19.9 Å². The van der Waals surface area contributed by atoms with Crippen LogP contribution in [-0.2, 0) is 4.79 Å². The molecular weight excluding hydrogens is 386 g/mol. The Balaban J connectivity index is 1.70. The van der Waals surface area contributed by atoms with Crippen molar-refractivity contribution in [1.29, 1.82) is 0 Å². The fourth-order valence-electron chi connectivity index (χ4n) is 3.90. The van der Waals surface area contributed by atoms with E-state index in [4.69, 9.17) is 9.97 Å². The number of amides is 1. The first kappa shape index (κ1) is 21.0. The van der Waals surface area contributed by atoms with Crippen LogP contribution in [0.5, 0.6) is 0 Å². The van der Waals surface area contributed by atoms with E-state index in [0.717, 1.165) is 36.3 Å². The van der Waals surface area contributed by atoms with Crippen LogP contribution in [-0.4, -0.2) is 32.3 Å². The highest BCUT2D eigenvalue weighted by Crippen LogP contribution is 2.34. The zero-order valence-electron chi connectivity index (χ0n) is 18.4. The largest absolute Gasteiger partial charge is 0.340 e. The Hall–Kier alpha value is -3.28. The number of rotatable bonds is 5. The Labute approximate surface area is 183 Å². The Morgan fingerprint density at radius 2 is 1.94 bits per heavy atom. The van der Waals surface area contributed by atoms with Gasteiger partial charge in [-0.15, -0.1) is 0 Å². The Morgan fingerprint density at radius 1 is 1.13 bits per heavy atom. The van der Waals surface area contributed by atoms with Crippen LogP contribution < -0.4 is 5.32 Å². The Bertz CT molecular complexity index is 1030. The van der Waals surface area contributed by atoms with Crippen molar-refractivity contribution in [2.75, 3.05) is 11.9 Å². The Kier molecular flexibility index (Phi) is 5.98. The number of nitrogens with one attached hydrogen (secondary N) is 1. The van der Waals surface area contributed by atoms with Crippen molar-refractivity contribution >= 4 is 17.4 Å². The number of benzene rings is 1. The van der Waals surface area contributed by atoms with Gasteiger partial charge in [0.15, 0.2) is 5.82 Å². The molecule has 31 heavy (non-hydrogen) atoms. The third kappa shape index (κ3) is 5.26. The lowest BCUT2D eigenvalue weighted by atomic mass is 9.91. The fraction of sp³-hybridized carbons (Fsp3) is 0.360. The molecule has 1 N–H and O–H groups in total. The molecule has 0 saturated carbocycles. The maximum Gasteiger partial charge on any atom is 0.223 e. The van der Waals surface area contributed by atoms with E-state index in [1.807, 2.05) is 53.4 Å². The first-order valence-electron chi connectivity index (χ1n) is 10.8. The molecule has 0 unspecified atom stereocenters. The van der Waals surface area contributed by atoms with Gasteiger partial charge in [0, 0.05) is 42.7 Å². The van der Waals surface area contributed by atoms with Crippen molar-refractivity contribution in [2.24, 2.45) is 5.41 Å². The number of para-hydroxylation sites is 1. The molecule has 6 nitrogen and oxygen atoms in total. The van der Waals surface area contributed by atoms with Crippen molar-refractivity contribution in [3.05, 3.63) is 66.7 Å². The second-order valence-corrected chi connectivity index (χ2v) is 9.21. The lowest BCUT2D eigenvalue weighted by molar-refractivity contribution is -0.134. The second-order valence-electron chi connectivity index (χ2n) is 9.21. The molecule has 0 aliphatic carbocycles. The summed E-state index contributed by atoms with van der Waals surface area (Å²) >= 11 is 0. The molecule has 2 aromatic heterocycles. The first-order chi connectivity index (χ1) is 14.9. The number of nitrogens with zero attached hydrogens (tertiary/aromatic N) is 4. The van der Waals surface area contributed by atoms with E-state index in [2.05, 4.69) is 31.1 Å². The summed E-state index contributed by atoms with van der Waals surface area (Å²) in [5, 5.41) is 3.39. The number of carbonyl (C=O) groups excluding carboxylic acids is 1. The lowest BCUT2D eigenvalue weighted by Crippen LogP contribution is -2.34. The molecule has 1 aliphatic rings. The van der Waals surface area contributed by atoms with Gasteiger partial charge in [-0.3, -0.25) is 9.78 Å². The van der Waals surface area contributed by atoms with E-state index in [1.54, 1.807) is 12.4 Å². The quantitative estimate of drug-likeness (QED) is 0.606.